The first-order valence-electron chi connectivity index (χ1n) is 9.50. The highest BCUT2D eigenvalue weighted by molar-refractivity contribution is 6.01. The minimum atomic E-state index is -0.268. The minimum absolute atomic E-state index is 0.0614. The Morgan fingerprint density at radius 2 is 2.07 bits per heavy atom. The number of carbonyl (C=O) groups is 1. The fraction of sp³-hybridized carbons (Fsp3) is 0.273. The Hall–Kier alpha value is -2.95. The van der Waals surface area contributed by atoms with E-state index in [4.69, 9.17) is 0 Å². The molecule has 1 amide bonds. The summed E-state index contributed by atoms with van der Waals surface area (Å²) >= 11 is 0. The molecule has 5 heteroatoms. The molecule has 2 atom stereocenters. The Morgan fingerprint density at radius 3 is 2.89 bits per heavy atom. The number of hydrogen-bond donors (Lipinski definition) is 2. The predicted molar refractivity (Wildman–Crippen MR) is 100 cm³/mol. The molecule has 0 saturated heterocycles. The zero-order valence-corrected chi connectivity index (χ0v) is 14.7. The number of carbonyl (C=O) groups excluding carboxylic acids is 1. The van der Waals surface area contributed by atoms with E-state index in [0.29, 0.717) is 5.92 Å². The van der Waals surface area contributed by atoms with Gasteiger partial charge >= 0.3 is 0 Å². The van der Waals surface area contributed by atoms with E-state index in [0.717, 1.165) is 65.0 Å². The molecule has 3 aromatic rings. The second kappa shape index (κ2) is 5.28. The summed E-state index contributed by atoms with van der Waals surface area (Å²) in [4.78, 5) is 20.8. The zero-order chi connectivity index (χ0) is 18.1. The summed E-state index contributed by atoms with van der Waals surface area (Å²) in [5.41, 5.74) is 7.91. The number of nitrogens with zero attached hydrogens (tertiary/aromatic N) is 1. The predicted octanol–water partition coefficient (Wildman–Crippen LogP) is 3.97. The minimum Gasteiger partial charge on any atom is -0.357 e. The van der Waals surface area contributed by atoms with Gasteiger partial charge in [0, 0.05) is 35.0 Å². The maximum atomic E-state index is 13.6. The van der Waals surface area contributed by atoms with Crippen LogP contribution >= 0.6 is 0 Å². The Balaban J connectivity index is 1.52. The topological polar surface area (TPSA) is 57.8 Å². The lowest BCUT2D eigenvalue weighted by molar-refractivity contribution is 0.0875. The molecule has 2 unspecified atom stereocenters. The number of H-pyrrole nitrogens is 1. The lowest BCUT2D eigenvalue weighted by atomic mass is 9.73. The fourth-order valence-electron chi connectivity index (χ4n) is 4.82. The SMILES string of the molecule is O=C1NC2CCC2c2[nH]c3c(c21)CCc1cnc(-c2cccc(F)c2)cc1-3. The van der Waals surface area contributed by atoms with Crippen LogP contribution in [-0.2, 0) is 12.8 Å². The van der Waals surface area contributed by atoms with Crippen LogP contribution in [0.4, 0.5) is 4.39 Å². The van der Waals surface area contributed by atoms with Crippen molar-refractivity contribution in [3.8, 4) is 22.5 Å². The highest BCUT2D eigenvalue weighted by atomic mass is 19.1. The monoisotopic (exact) mass is 359 g/mol. The summed E-state index contributed by atoms with van der Waals surface area (Å²) in [7, 11) is 0. The molecule has 2 aromatic heterocycles. The molecular weight excluding hydrogens is 341 g/mol. The lowest BCUT2D eigenvalue weighted by Gasteiger charge is -2.40. The number of aryl methyl sites for hydroxylation is 1. The van der Waals surface area contributed by atoms with E-state index in [1.54, 1.807) is 6.07 Å². The van der Waals surface area contributed by atoms with Crippen molar-refractivity contribution < 1.29 is 9.18 Å². The molecule has 0 bridgehead atoms. The van der Waals surface area contributed by atoms with Gasteiger partial charge in [0.25, 0.3) is 5.91 Å². The number of aromatic nitrogens is 2. The number of amides is 1. The number of nitrogens with one attached hydrogen (secondary N) is 2. The van der Waals surface area contributed by atoms with Crippen molar-refractivity contribution in [1.82, 2.24) is 15.3 Å². The molecule has 4 nitrogen and oxygen atoms in total. The summed E-state index contributed by atoms with van der Waals surface area (Å²) in [5.74, 6) is 0.207. The second-order valence-corrected chi connectivity index (χ2v) is 7.77. The van der Waals surface area contributed by atoms with Crippen LogP contribution in [0.1, 0.15) is 45.9 Å². The average molecular weight is 359 g/mol. The molecule has 1 fully saturated rings. The highest BCUT2D eigenvalue weighted by Crippen LogP contribution is 2.46. The molecular formula is C22H18FN3O. The van der Waals surface area contributed by atoms with Gasteiger partial charge in [-0.1, -0.05) is 12.1 Å². The number of hydrogen-bond acceptors (Lipinski definition) is 2. The second-order valence-electron chi connectivity index (χ2n) is 7.77. The molecule has 0 radical (unpaired) electrons. The van der Waals surface area contributed by atoms with Crippen LogP contribution in [0.25, 0.3) is 22.5 Å². The number of fused-ring (bicyclic) bond motifs is 7. The summed E-state index contributed by atoms with van der Waals surface area (Å²) < 4.78 is 13.6. The highest BCUT2D eigenvalue weighted by Gasteiger charge is 2.43. The van der Waals surface area contributed by atoms with Gasteiger partial charge in [-0.15, -0.1) is 0 Å². The van der Waals surface area contributed by atoms with Crippen molar-refractivity contribution in [3.05, 3.63) is 64.7 Å². The average Bonchev–Trinajstić information content (AvgIpc) is 3.03. The molecule has 3 heterocycles. The molecule has 0 spiro atoms. The van der Waals surface area contributed by atoms with Crippen molar-refractivity contribution in [3.63, 3.8) is 0 Å². The van der Waals surface area contributed by atoms with Gasteiger partial charge in [0.2, 0.25) is 0 Å². The first-order valence-corrected chi connectivity index (χ1v) is 9.50. The molecule has 2 N–H and O–H groups in total. The molecule has 3 aliphatic rings. The lowest BCUT2D eigenvalue weighted by Crippen LogP contribution is -2.50. The molecule has 1 saturated carbocycles. The van der Waals surface area contributed by atoms with Crippen LogP contribution in [0.3, 0.4) is 0 Å². The van der Waals surface area contributed by atoms with Crippen LogP contribution in [0.15, 0.2) is 36.5 Å². The number of aromatic amines is 1. The van der Waals surface area contributed by atoms with E-state index in [1.165, 1.54) is 17.7 Å². The number of halogens is 1. The summed E-state index contributed by atoms with van der Waals surface area (Å²) in [6.45, 7) is 0. The largest absolute Gasteiger partial charge is 0.357 e. The molecule has 134 valence electrons. The van der Waals surface area contributed by atoms with Gasteiger partial charge in [0.05, 0.1) is 17.0 Å². The van der Waals surface area contributed by atoms with Gasteiger partial charge in [-0.25, -0.2) is 4.39 Å². The Labute approximate surface area is 155 Å². The molecule has 27 heavy (non-hydrogen) atoms. The maximum absolute atomic E-state index is 13.6. The quantitative estimate of drug-likeness (QED) is 0.691. The zero-order valence-electron chi connectivity index (χ0n) is 14.7. The summed E-state index contributed by atoms with van der Waals surface area (Å²) in [6.07, 6.45) is 5.79. The molecule has 1 aliphatic heterocycles. The van der Waals surface area contributed by atoms with Crippen molar-refractivity contribution in [1.29, 1.82) is 0 Å². The molecule has 1 aromatic carbocycles. The van der Waals surface area contributed by atoms with Gasteiger partial charge in [0.15, 0.2) is 0 Å². The van der Waals surface area contributed by atoms with Crippen LogP contribution < -0.4 is 5.32 Å². The van der Waals surface area contributed by atoms with Gasteiger partial charge in [-0.05, 0) is 55.0 Å². The van der Waals surface area contributed by atoms with E-state index in [-0.39, 0.29) is 17.8 Å². The standard InChI is InChI=1S/C22H18FN3O/c23-13-3-1-2-11(8-13)18-9-16-12(10-24-18)4-5-15-19-21(26-20(15)16)14-6-7-17(14)25-22(19)27/h1-3,8-10,14,17,26H,4-7H2,(H,25,27). The first-order chi connectivity index (χ1) is 13.2. The van der Waals surface area contributed by atoms with Crippen LogP contribution in [-0.4, -0.2) is 21.9 Å². The van der Waals surface area contributed by atoms with E-state index < -0.39 is 0 Å². The normalized spacial score (nSPS) is 22.0. The van der Waals surface area contributed by atoms with Gasteiger partial charge in [0.1, 0.15) is 5.82 Å². The van der Waals surface area contributed by atoms with Crippen LogP contribution in [0, 0.1) is 5.82 Å². The number of pyridine rings is 1. The van der Waals surface area contributed by atoms with Crippen LogP contribution in [0.2, 0.25) is 0 Å². The van der Waals surface area contributed by atoms with Gasteiger partial charge in [-0.3, -0.25) is 9.78 Å². The van der Waals surface area contributed by atoms with Gasteiger partial charge < -0.3 is 10.3 Å². The van der Waals surface area contributed by atoms with Crippen molar-refractivity contribution in [2.24, 2.45) is 0 Å². The Morgan fingerprint density at radius 1 is 1.15 bits per heavy atom. The van der Waals surface area contributed by atoms with E-state index >= 15 is 0 Å². The number of rotatable bonds is 1. The Kier molecular flexibility index (Phi) is 2.96. The maximum Gasteiger partial charge on any atom is 0.253 e. The van der Waals surface area contributed by atoms with E-state index in [9.17, 15) is 9.18 Å². The van der Waals surface area contributed by atoms with Crippen molar-refractivity contribution >= 4 is 5.91 Å². The van der Waals surface area contributed by atoms with E-state index in [1.807, 2.05) is 18.3 Å². The Bertz CT molecular complexity index is 1120. The fourth-order valence-corrected chi connectivity index (χ4v) is 4.82. The first kappa shape index (κ1) is 15.1. The third kappa shape index (κ3) is 2.08. The van der Waals surface area contributed by atoms with Crippen LogP contribution in [0.5, 0.6) is 0 Å². The van der Waals surface area contributed by atoms with E-state index in [2.05, 4.69) is 15.3 Å². The van der Waals surface area contributed by atoms with Crippen molar-refractivity contribution in [2.45, 2.75) is 37.6 Å². The smallest absolute Gasteiger partial charge is 0.253 e. The van der Waals surface area contributed by atoms with Crippen molar-refractivity contribution in [2.75, 3.05) is 0 Å². The summed E-state index contributed by atoms with van der Waals surface area (Å²) in [5, 5.41) is 3.16. The summed E-state index contributed by atoms with van der Waals surface area (Å²) in [6, 6.07) is 8.82. The number of benzene rings is 1. The van der Waals surface area contributed by atoms with Gasteiger partial charge in [-0.2, -0.15) is 0 Å². The third-order valence-electron chi connectivity index (χ3n) is 6.34. The molecule has 2 aliphatic carbocycles. The molecule has 6 rings (SSSR count). The third-order valence-corrected chi connectivity index (χ3v) is 6.34.